The lowest BCUT2D eigenvalue weighted by Gasteiger charge is -2.11. The van der Waals surface area contributed by atoms with Gasteiger partial charge in [0.15, 0.2) is 5.82 Å². The van der Waals surface area contributed by atoms with Crippen molar-refractivity contribution in [3.05, 3.63) is 176 Å². The lowest BCUT2D eigenvalue weighted by atomic mass is 9.98. The Morgan fingerprint density at radius 3 is 1.84 bits per heavy atom. The van der Waals surface area contributed by atoms with Gasteiger partial charge in [0.2, 0.25) is 0 Å². The van der Waals surface area contributed by atoms with Crippen molar-refractivity contribution >= 4 is 86.2 Å². The molecule has 12 rings (SSSR count). The lowest BCUT2D eigenvalue weighted by Crippen LogP contribution is -1.95. The molecule has 0 aliphatic heterocycles. The first kappa shape index (κ1) is 30.4. The van der Waals surface area contributed by atoms with E-state index in [-0.39, 0.29) is 0 Å². The highest BCUT2D eigenvalue weighted by Gasteiger charge is 2.21. The van der Waals surface area contributed by atoms with E-state index in [2.05, 4.69) is 180 Å². The highest BCUT2D eigenvalue weighted by atomic mass is 32.1. The van der Waals surface area contributed by atoms with Crippen LogP contribution in [0.2, 0.25) is 0 Å². The second kappa shape index (κ2) is 11.7. The van der Waals surface area contributed by atoms with Gasteiger partial charge in [0.25, 0.3) is 0 Å². The normalized spacial score (nSPS) is 12.0. The third-order valence-electron chi connectivity index (χ3n) is 11.0. The number of hydrogen-bond acceptors (Lipinski definition) is 4. The summed E-state index contributed by atoms with van der Waals surface area (Å²) in [5.74, 6) is 0.683. The Morgan fingerprint density at radius 2 is 1.07 bits per heavy atom. The van der Waals surface area contributed by atoms with Crippen LogP contribution in [0.4, 0.5) is 0 Å². The van der Waals surface area contributed by atoms with Crippen LogP contribution in [0.5, 0.6) is 0 Å². The molecule has 0 spiro atoms. The molecule has 0 atom stereocenters. The average molecular weight is 720 g/mol. The minimum atomic E-state index is 0.683. The van der Waals surface area contributed by atoms with Crippen molar-refractivity contribution in [2.45, 2.75) is 0 Å². The summed E-state index contributed by atoms with van der Waals surface area (Å²) in [5.41, 5.74) is 11.4. The summed E-state index contributed by atoms with van der Waals surface area (Å²) in [4.78, 5) is 10.8. The first-order valence-electron chi connectivity index (χ1n) is 18.5. The molecule has 5 heteroatoms. The zero-order chi connectivity index (χ0) is 36.0. The Kier molecular flexibility index (Phi) is 6.47. The first-order chi connectivity index (χ1) is 27.3. The van der Waals surface area contributed by atoms with Gasteiger partial charge < -0.3 is 8.98 Å². The van der Waals surface area contributed by atoms with Crippen molar-refractivity contribution in [3.63, 3.8) is 0 Å². The third-order valence-corrected chi connectivity index (χ3v) is 12.2. The molecule has 0 amide bonds. The van der Waals surface area contributed by atoms with Crippen LogP contribution in [0.25, 0.3) is 114 Å². The number of furan rings is 1. The van der Waals surface area contributed by atoms with Crippen molar-refractivity contribution < 1.29 is 4.42 Å². The smallest absolute Gasteiger partial charge is 0.161 e. The molecule has 8 aromatic carbocycles. The fourth-order valence-electron chi connectivity index (χ4n) is 8.51. The Bertz CT molecular complexity index is 3430. The maximum atomic E-state index is 6.72. The summed E-state index contributed by atoms with van der Waals surface area (Å²) in [6.07, 6.45) is 0. The van der Waals surface area contributed by atoms with Crippen LogP contribution in [-0.2, 0) is 0 Å². The maximum Gasteiger partial charge on any atom is 0.161 e. The molecule has 4 aromatic heterocycles. The van der Waals surface area contributed by atoms with Crippen molar-refractivity contribution in [1.29, 1.82) is 0 Å². The molecular weight excluding hydrogens is 691 g/mol. The van der Waals surface area contributed by atoms with Gasteiger partial charge in [-0.25, -0.2) is 9.97 Å². The van der Waals surface area contributed by atoms with Crippen LogP contribution in [-0.4, -0.2) is 14.5 Å². The van der Waals surface area contributed by atoms with Crippen LogP contribution in [0.3, 0.4) is 0 Å². The molecule has 0 unspecified atom stereocenters. The summed E-state index contributed by atoms with van der Waals surface area (Å²) < 4.78 is 11.4. The standard InChI is InChI=1S/C50H29N3OS/c1-2-12-30(13-3-1)31-22-24-32(25-23-31)47-49-48(38-18-8-11-21-45(38)55-49)52-50(51-47)39-29-44-46(37-17-5-4-14-34(37)39)40-28-33(26-27-43(40)54-44)53-41-19-9-6-15-35(41)36-16-7-10-20-42(36)53/h1-29H. The monoisotopic (exact) mass is 719 g/mol. The van der Waals surface area contributed by atoms with Crippen LogP contribution < -0.4 is 0 Å². The predicted molar refractivity (Wildman–Crippen MR) is 230 cm³/mol. The van der Waals surface area contributed by atoms with Crippen molar-refractivity contribution in [2.75, 3.05) is 0 Å². The minimum Gasteiger partial charge on any atom is -0.456 e. The van der Waals surface area contributed by atoms with Gasteiger partial charge >= 0.3 is 0 Å². The van der Waals surface area contributed by atoms with Crippen molar-refractivity contribution in [1.82, 2.24) is 14.5 Å². The Hall–Kier alpha value is -7.08. The van der Waals surface area contributed by atoms with Crippen LogP contribution in [0.15, 0.2) is 180 Å². The third kappa shape index (κ3) is 4.57. The molecule has 0 bridgehead atoms. The number of rotatable bonds is 4. The van der Waals surface area contributed by atoms with E-state index in [1.165, 1.54) is 37.6 Å². The number of hydrogen-bond donors (Lipinski definition) is 0. The van der Waals surface area contributed by atoms with E-state index in [0.717, 1.165) is 70.8 Å². The van der Waals surface area contributed by atoms with Gasteiger partial charge in [-0.3, -0.25) is 0 Å². The predicted octanol–water partition coefficient (Wildman–Crippen LogP) is 14.0. The molecular formula is C50H29N3OS. The zero-order valence-electron chi connectivity index (χ0n) is 29.4. The molecule has 0 saturated heterocycles. The molecule has 55 heavy (non-hydrogen) atoms. The first-order valence-corrected chi connectivity index (χ1v) is 19.3. The topological polar surface area (TPSA) is 43.9 Å². The summed E-state index contributed by atoms with van der Waals surface area (Å²) in [6, 6.07) is 62.4. The molecule has 0 saturated carbocycles. The van der Waals surface area contributed by atoms with Gasteiger partial charge in [-0.05, 0) is 64.4 Å². The number of thiophene rings is 1. The summed E-state index contributed by atoms with van der Waals surface area (Å²) >= 11 is 1.75. The molecule has 12 aromatic rings. The molecule has 0 radical (unpaired) electrons. The molecule has 256 valence electrons. The average Bonchev–Trinajstić information content (AvgIpc) is 3.93. The lowest BCUT2D eigenvalue weighted by molar-refractivity contribution is 0.669. The van der Waals surface area contributed by atoms with E-state index in [1.54, 1.807) is 11.3 Å². The zero-order valence-corrected chi connectivity index (χ0v) is 30.2. The Labute approximate surface area is 319 Å². The Morgan fingerprint density at radius 1 is 0.455 bits per heavy atom. The SMILES string of the molecule is c1ccc(-c2ccc(-c3nc(-c4cc5oc6ccc(-n7c8ccccc8c8ccccc87)cc6c5c5ccccc45)nc4c3sc3ccccc34)cc2)cc1. The van der Waals surface area contributed by atoms with Gasteiger partial charge in [-0.2, -0.15) is 0 Å². The molecule has 0 aliphatic carbocycles. The van der Waals surface area contributed by atoms with Crippen LogP contribution in [0, 0.1) is 0 Å². The minimum absolute atomic E-state index is 0.683. The fourth-order valence-corrected chi connectivity index (χ4v) is 9.67. The Balaban J connectivity index is 1.09. The number of para-hydroxylation sites is 2. The fraction of sp³-hybridized carbons (Fsp3) is 0. The van der Waals surface area contributed by atoms with Gasteiger partial charge in [0.05, 0.1) is 26.9 Å². The molecule has 0 fully saturated rings. The van der Waals surface area contributed by atoms with Gasteiger partial charge in [0, 0.05) is 48.4 Å². The summed E-state index contributed by atoms with van der Waals surface area (Å²) in [7, 11) is 0. The second-order valence-electron chi connectivity index (χ2n) is 14.1. The number of aromatic nitrogens is 3. The van der Waals surface area contributed by atoms with E-state index in [9.17, 15) is 0 Å². The van der Waals surface area contributed by atoms with Crippen molar-refractivity contribution in [2.24, 2.45) is 0 Å². The number of benzene rings is 8. The van der Waals surface area contributed by atoms with E-state index in [1.807, 2.05) is 0 Å². The van der Waals surface area contributed by atoms with Gasteiger partial charge in [0.1, 0.15) is 11.2 Å². The second-order valence-corrected chi connectivity index (χ2v) is 15.2. The molecule has 0 aliphatic rings. The quantitative estimate of drug-likeness (QED) is 0.182. The summed E-state index contributed by atoms with van der Waals surface area (Å²) in [6.45, 7) is 0. The number of nitrogens with zero attached hydrogens (tertiary/aromatic N) is 3. The highest BCUT2D eigenvalue weighted by molar-refractivity contribution is 7.26. The molecule has 4 heterocycles. The van der Waals surface area contributed by atoms with Gasteiger partial charge in [-0.1, -0.05) is 133 Å². The molecule has 4 nitrogen and oxygen atoms in total. The van der Waals surface area contributed by atoms with Gasteiger partial charge in [-0.15, -0.1) is 11.3 Å². The van der Waals surface area contributed by atoms with Crippen LogP contribution in [0.1, 0.15) is 0 Å². The maximum absolute atomic E-state index is 6.72. The number of fused-ring (bicyclic) bond motifs is 11. The highest BCUT2D eigenvalue weighted by Crippen LogP contribution is 2.44. The largest absolute Gasteiger partial charge is 0.456 e. The van der Waals surface area contributed by atoms with Crippen molar-refractivity contribution in [3.8, 4) is 39.5 Å². The van der Waals surface area contributed by atoms with E-state index in [0.29, 0.717) is 5.82 Å². The van der Waals surface area contributed by atoms with Crippen LogP contribution >= 0.6 is 11.3 Å². The van der Waals surface area contributed by atoms with E-state index >= 15 is 0 Å². The van der Waals surface area contributed by atoms with E-state index in [4.69, 9.17) is 14.4 Å². The molecule has 0 N–H and O–H groups in total. The summed E-state index contributed by atoms with van der Waals surface area (Å²) in [5, 5.41) is 8.00. The van der Waals surface area contributed by atoms with E-state index < -0.39 is 0 Å².